The van der Waals surface area contributed by atoms with Crippen molar-refractivity contribution in [2.45, 2.75) is 33.2 Å². The number of hydrogen-bond donors (Lipinski definition) is 2. The van der Waals surface area contributed by atoms with Crippen molar-refractivity contribution in [2.75, 3.05) is 11.4 Å². The minimum absolute atomic E-state index is 0.0788. The number of nitrogens with one attached hydrogen (secondary N) is 1. The number of amides is 2. The molecule has 8 heteroatoms. The summed E-state index contributed by atoms with van der Waals surface area (Å²) in [6.45, 7) is 5.70. The highest BCUT2D eigenvalue weighted by molar-refractivity contribution is 7.13. The van der Waals surface area contributed by atoms with E-state index in [1.807, 2.05) is 31.2 Å². The molecule has 0 radical (unpaired) electrons. The summed E-state index contributed by atoms with van der Waals surface area (Å²) in [6, 6.07) is 7.20. The van der Waals surface area contributed by atoms with Gasteiger partial charge in [0.15, 0.2) is 0 Å². The van der Waals surface area contributed by atoms with Gasteiger partial charge in [0.1, 0.15) is 9.88 Å². The van der Waals surface area contributed by atoms with Gasteiger partial charge in [-0.15, -0.1) is 11.3 Å². The maximum atomic E-state index is 12.6. The molecule has 2 heterocycles. The van der Waals surface area contributed by atoms with E-state index < -0.39 is 17.9 Å². The van der Waals surface area contributed by atoms with Gasteiger partial charge in [-0.3, -0.25) is 9.59 Å². The van der Waals surface area contributed by atoms with Gasteiger partial charge in [0.2, 0.25) is 11.8 Å². The summed E-state index contributed by atoms with van der Waals surface area (Å²) in [5, 5.41) is 12.5. The molecule has 27 heavy (non-hydrogen) atoms. The number of carboxylic acids is 1. The second-order valence-corrected chi connectivity index (χ2v) is 7.77. The van der Waals surface area contributed by atoms with E-state index in [0.717, 1.165) is 22.6 Å². The number of benzene rings is 1. The molecule has 2 aromatic rings. The predicted molar refractivity (Wildman–Crippen MR) is 102 cm³/mol. The van der Waals surface area contributed by atoms with E-state index in [9.17, 15) is 14.4 Å². The molecule has 1 aliphatic heterocycles. The van der Waals surface area contributed by atoms with Crippen LogP contribution in [0.25, 0.3) is 0 Å². The van der Waals surface area contributed by atoms with Gasteiger partial charge < -0.3 is 15.3 Å². The third-order valence-electron chi connectivity index (χ3n) is 4.58. The van der Waals surface area contributed by atoms with Crippen molar-refractivity contribution in [2.24, 2.45) is 5.92 Å². The monoisotopic (exact) mass is 387 g/mol. The van der Waals surface area contributed by atoms with Crippen LogP contribution in [-0.2, 0) is 9.59 Å². The van der Waals surface area contributed by atoms with Crippen LogP contribution in [0.15, 0.2) is 24.3 Å². The number of carbonyl (C=O) groups excluding carboxylic acids is 2. The Hall–Kier alpha value is -2.74. The van der Waals surface area contributed by atoms with E-state index in [1.165, 1.54) is 0 Å². The van der Waals surface area contributed by atoms with Crippen molar-refractivity contribution in [1.82, 2.24) is 10.3 Å². The lowest BCUT2D eigenvalue weighted by molar-refractivity contribution is -0.126. The first kappa shape index (κ1) is 19.0. The molecule has 0 saturated carbocycles. The van der Waals surface area contributed by atoms with Crippen LogP contribution < -0.4 is 10.2 Å². The number of hydrogen-bond acceptors (Lipinski definition) is 5. The molecule has 2 atom stereocenters. The second kappa shape index (κ2) is 7.48. The number of aromatic nitrogens is 1. The van der Waals surface area contributed by atoms with Crippen LogP contribution in [0.3, 0.4) is 0 Å². The number of anilines is 1. The van der Waals surface area contributed by atoms with Gasteiger partial charge in [-0.05, 0) is 32.9 Å². The molecule has 0 spiro atoms. The standard InChI is InChI=1S/C19H21N3O4S/c1-10-4-6-14(7-5-10)22-9-13(8-15(22)23)17(24)20-12(3)18-21-11(2)16(27-18)19(25)26/h4-7,12-13H,8-9H2,1-3H3,(H,20,24)(H,25,26). The summed E-state index contributed by atoms with van der Waals surface area (Å²) in [5.41, 5.74) is 2.33. The summed E-state index contributed by atoms with van der Waals surface area (Å²) in [4.78, 5) is 42.1. The van der Waals surface area contributed by atoms with Gasteiger partial charge in [-0.25, -0.2) is 9.78 Å². The van der Waals surface area contributed by atoms with E-state index in [0.29, 0.717) is 17.2 Å². The molecule has 0 bridgehead atoms. The Morgan fingerprint density at radius 3 is 2.56 bits per heavy atom. The second-order valence-electron chi connectivity index (χ2n) is 6.74. The molecule has 1 aromatic carbocycles. The number of aromatic carboxylic acids is 1. The third-order valence-corrected chi connectivity index (χ3v) is 5.91. The zero-order chi connectivity index (χ0) is 19.7. The smallest absolute Gasteiger partial charge is 0.347 e. The van der Waals surface area contributed by atoms with Crippen LogP contribution in [0.2, 0.25) is 0 Å². The number of aryl methyl sites for hydroxylation is 2. The molecule has 1 aromatic heterocycles. The fourth-order valence-corrected chi connectivity index (χ4v) is 3.96. The number of carboxylic acid groups (broad SMARTS) is 1. The molecule has 2 N–H and O–H groups in total. The van der Waals surface area contributed by atoms with Crippen molar-refractivity contribution < 1.29 is 19.5 Å². The molecule has 1 aliphatic rings. The Balaban J connectivity index is 1.66. The summed E-state index contributed by atoms with van der Waals surface area (Å²) in [6.07, 6.45) is 0.156. The topological polar surface area (TPSA) is 99.6 Å². The zero-order valence-electron chi connectivity index (χ0n) is 15.4. The largest absolute Gasteiger partial charge is 0.477 e. The summed E-state index contributed by atoms with van der Waals surface area (Å²) >= 11 is 1.06. The minimum atomic E-state index is -1.02. The van der Waals surface area contributed by atoms with Crippen LogP contribution in [-0.4, -0.2) is 34.4 Å². The van der Waals surface area contributed by atoms with Gasteiger partial charge in [0.05, 0.1) is 17.7 Å². The lowest BCUT2D eigenvalue weighted by Crippen LogP contribution is -2.34. The van der Waals surface area contributed by atoms with Gasteiger partial charge >= 0.3 is 5.97 Å². The van der Waals surface area contributed by atoms with E-state index >= 15 is 0 Å². The van der Waals surface area contributed by atoms with Gasteiger partial charge in [-0.2, -0.15) is 0 Å². The third kappa shape index (κ3) is 4.00. The predicted octanol–water partition coefficient (Wildman–Crippen LogP) is 2.69. The zero-order valence-corrected chi connectivity index (χ0v) is 16.2. The van der Waals surface area contributed by atoms with Gasteiger partial charge in [0, 0.05) is 18.7 Å². The Bertz CT molecular complexity index is 891. The van der Waals surface area contributed by atoms with Crippen molar-refractivity contribution in [1.29, 1.82) is 0 Å². The highest BCUT2D eigenvalue weighted by Gasteiger charge is 2.35. The molecular weight excluding hydrogens is 366 g/mol. The lowest BCUT2D eigenvalue weighted by Gasteiger charge is -2.18. The lowest BCUT2D eigenvalue weighted by atomic mass is 10.1. The SMILES string of the molecule is Cc1ccc(N2CC(C(=O)NC(C)c3nc(C)c(C(=O)O)s3)CC2=O)cc1. The molecule has 142 valence electrons. The van der Waals surface area contributed by atoms with Gasteiger partial charge in [-0.1, -0.05) is 17.7 Å². The summed E-state index contributed by atoms with van der Waals surface area (Å²) in [7, 11) is 0. The van der Waals surface area contributed by atoms with E-state index in [-0.39, 0.29) is 23.1 Å². The fraction of sp³-hybridized carbons (Fsp3) is 0.368. The molecule has 7 nitrogen and oxygen atoms in total. The number of thiazole rings is 1. The van der Waals surface area contributed by atoms with Gasteiger partial charge in [0.25, 0.3) is 0 Å². The van der Waals surface area contributed by atoms with E-state index in [1.54, 1.807) is 18.7 Å². The average molecular weight is 387 g/mol. The number of rotatable bonds is 5. The normalized spacial score (nSPS) is 17.8. The molecule has 3 rings (SSSR count). The highest BCUT2D eigenvalue weighted by atomic mass is 32.1. The first-order chi connectivity index (χ1) is 12.8. The average Bonchev–Trinajstić information content (AvgIpc) is 3.19. The van der Waals surface area contributed by atoms with Crippen LogP contribution >= 0.6 is 11.3 Å². The van der Waals surface area contributed by atoms with Crippen molar-refractivity contribution in [3.8, 4) is 0 Å². The fourth-order valence-electron chi connectivity index (χ4n) is 3.05. The maximum Gasteiger partial charge on any atom is 0.347 e. The van der Waals surface area contributed by atoms with Crippen LogP contribution in [0.1, 0.15) is 45.3 Å². The highest BCUT2D eigenvalue weighted by Crippen LogP contribution is 2.27. The molecular formula is C19H21N3O4S. The Labute approximate surface area is 161 Å². The molecule has 2 unspecified atom stereocenters. The first-order valence-corrected chi connectivity index (χ1v) is 9.46. The number of nitrogens with zero attached hydrogens (tertiary/aromatic N) is 2. The number of carbonyl (C=O) groups is 3. The molecule has 1 fully saturated rings. The van der Waals surface area contributed by atoms with E-state index in [2.05, 4.69) is 10.3 Å². The molecule has 1 saturated heterocycles. The minimum Gasteiger partial charge on any atom is -0.477 e. The molecule has 0 aliphatic carbocycles. The Morgan fingerprint density at radius 1 is 1.30 bits per heavy atom. The first-order valence-electron chi connectivity index (χ1n) is 8.64. The molecule has 2 amide bonds. The van der Waals surface area contributed by atoms with E-state index in [4.69, 9.17) is 5.11 Å². The summed E-state index contributed by atoms with van der Waals surface area (Å²) < 4.78 is 0. The van der Waals surface area contributed by atoms with Crippen molar-refractivity contribution >= 4 is 34.8 Å². The van der Waals surface area contributed by atoms with Crippen molar-refractivity contribution in [3.05, 3.63) is 45.4 Å². The quantitative estimate of drug-likeness (QED) is 0.822. The van der Waals surface area contributed by atoms with Crippen LogP contribution in [0.4, 0.5) is 5.69 Å². The van der Waals surface area contributed by atoms with Crippen molar-refractivity contribution in [3.63, 3.8) is 0 Å². The van der Waals surface area contributed by atoms with Crippen LogP contribution in [0, 0.1) is 19.8 Å². The summed E-state index contributed by atoms with van der Waals surface area (Å²) in [5.74, 6) is -1.77. The van der Waals surface area contributed by atoms with Crippen LogP contribution in [0.5, 0.6) is 0 Å². The Morgan fingerprint density at radius 2 is 1.96 bits per heavy atom. The Kier molecular flexibility index (Phi) is 5.27. The maximum absolute atomic E-state index is 12.6.